The van der Waals surface area contributed by atoms with E-state index >= 15 is 0 Å². The van der Waals surface area contributed by atoms with Gasteiger partial charge in [-0.3, -0.25) is 0 Å². The predicted molar refractivity (Wildman–Crippen MR) is 58.0 cm³/mol. The maximum absolute atomic E-state index is 4.70. The smallest absolute Gasteiger partial charge is 0.169 e. The first-order valence-electron chi connectivity index (χ1n) is 4.23. The van der Waals surface area contributed by atoms with Gasteiger partial charge in [-0.1, -0.05) is 33.2 Å². The van der Waals surface area contributed by atoms with Gasteiger partial charge in [-0.2, -0.15) is 0 Å². The highest BCUT2D eigenvalue weighted by atomic mass is 79.9. The summed E-state index contributed by atoms with van der Waals surface area (Å²) >= 11 is 3.39. The van der Waals surface area contributed by atoms with Crippen LogP contribution >= 0.6 is 15.9 Å². The summed E-state index contributed by atoms with van der Waals surface area (Å²) in [6.45, 7) is 0.750. The number of rotatable bonds is 3. The van der Waals surface area contributed by atoms with Crippen molar-refractivity contribution in [2.24, 2.45) is 0 Å². The van der Waals surface area contributed by atoms with Crippen LogP contribution in [0.15, 0.2) is 45.6 Å². The van der Waals surface area contributed by atoms with Crippen molar-refractivity contribution in [2.75, 3.05) is 5.32 Å². The number of aromatic nitrogens is 1. The van der Waals surface area contributed by atoms with E-state index in [1.54, 1.807) is 12.3 Å². The highest BCUT2D eigenvalue weighted by Crippen LogP contribution is 2.11. The van der Waals surface area contributed by atoms with Gasteiger partial charge < -0.3 is 9.84 Å². The summed E-state index contributed by atoms with van der Waals surface area (Å²) in [6, 6.07) is 9.92. The molecule has 72 valence electrons. The van der Waals surface area contributed by atoms with Crippen LogP contribution in [0.4, 0.5) is 5.82 Å². The summed E-state index contributed by atoms with van der Waals surface area (Å²) in [4.78, 5) is 0. The Kier molecular flexibility index (Phi) is 2.84. The first kappa shape index (κ1) is 9.27. The Morgan fingerprint density at radius 3 is 2.64 bits per heavy atom. The van der Waals surface area contributed by atoms with Crippen LogP contribution < -0.4 is 5.32 Å². The number of hydrogen-bond acceptors (Lipinski definition) is 3. The average molecular weight is 253 g/mol. The van der Waals surface area contributed by atoms with E-state index < -0.39 is 0 Å². The van der Waals surface area contributed by atoms with Gasteiger partial charge in [0.05, 0.1) is 0 Å². The topological polar surface area (TPSA) is 38.1 Å². The van der Waals surface area contributed by atoms with E-state index in [0.717, 1.165) is 16.8 Å². The summed E-state index contributed by atoms with van der Waals surface area (Å²) in [5, 5.41) is 6.89. The second-order valence-electron chi connectivity index (χ2n) is 2.86. The van der Waals surface area contributed by atoms with E-state index in [2.05, 4.69) is 38.5 Å². The minimum Gasteiger partial charge on any atom is -0.363 e. The molecule has 0 saturated heterocycles. The Bertz CT molecular complexity index is 383. The second kappa shape index (κ2) is 4.28. The third-order valence-electron chi connectivity index (χ3n) is 1.82. The number of halogens is 1. The number of anilines is 1. The standard InChI is InChI=1S/C10H9BrN2O/c11-9-3-1-8(2-4-9)7-12-10-5-6-14-13-10/h1-6H,7H2,(H,12,13). The van der Waals surface area contributed by atoms with Gasteiger partial charge in [0.1, 0.15) is 6.26 Å². The molecule has 0 atom stereocenters. The van der Waals surface area contributed by atoms with Crippen molar-refractivity contribution in [3.8, 4) is 0 Å². The molecule has 1 heterocycles. The zero-order valence-electron chi connectivity index (χ0n) is 7.40. The zero-order chi connectivity index (χ0) is 9.80. The fourth-order valence-electron chi connectivity index (χ4n) is 1.10. The van der Waals surface area contributed by atoms with Gasteiger partial charge in [-0.15, -0.1) is 0 Å². The molecule has 0 aliphatic rings. The van der Waals surface area contributed by atoms with Gasteiger partial charge >= 0.3 is 0 Å². The predicted octanol–water partition coefficient (Wildman–Crippen LogP) is 3.05. The lowest BCUT2D eigenvalue weighted by atomic mass is 10.2. The molecule has 0 radical (unpaired) electrons. The van der Waals surface area contributed by atoms with Crippen molar-refractivity contribution in [1.29, 1.82) is 0 Å². The molecule has 14 heavy (non-hydrogen) atoms. The first-order chi connectivity index (χ1) is 6.84. The number of hydrogen-bond donors (Lipinski definition) is 1. The van der Waals surface area contributed by atoms with E-state index in [-0.39, 0.29) is 0 Å². The fraction of sp³-hybridized carbons (Fsp3) is 0.100. The Labute approximate surface area is 90.2 Å². The quantitative estimate of drug-likeness (QED) is 0.913. The molecule has 1 aromatic heterocycles. The molecule has 0 amide bonds. The van der Waals surface area contributed by atoms with Crippen LogP contribution in [-0.2, 0) is 6.54 Å². The van der Waals surface area contributed by atoms with Gasteiger partial charge in [-0.05, 0) is 17.7 Å². The van der Waals surface area contributed by atoms with Crippen LogP contribution in [0.25, 0.3) is 0 Å². The molecule has 3 nitrogen and oxygen atoms in total. The van der Waals surface area contributed by atoms with Gasteiger partial charge in [0.25, 0.3) is 0 Å². The molecule has 2 aromatic rings. The molecule has 0 fully saturated rings. The minimum atomic E-state index is 0.750. The maximum Gasteiger partial charge on any atom is 0.169 e. The first-order valence-corrected chi connectivity index (χ1v) is 5.02. The number of benzene rings is 1. The van der Waals surface area contributed by atoms with Gasteiger partial charge in [0.2, 0.25) is 0 Å². The van der Waals surface area contributed by atoms with Crippen LogP contribution in [0.1, 0.15) is 5.56 Å². The normalized spacial score (nSPS) is 10.1. The Morgan fingerprint density at radius 2 is 2.00 bits per heavy atom. The summed E-state index contributed by atoms with van der Waals surface area (Å²) < 4.78 is 5.79. The van der Waals surface area contributed by atoms with Crippen LogP contribution in [0.2, 0.25) is 0 Å². The molecule has 1 N–H and O–H groups in total. The SMILES string of the molecule is Brc1ccc(CNc2ccon2)cc1. The lowest BCUT2D eigenvalue weighted by molar-refractivity contribution is 0.422. The molecule has 0 bridgehead atoms. The largest absolute Gasteiger partial charge is 0.363 e. The van der Waals surface area contributed by atoms with Crippen molar-refractivity contribution in [3.05, 3.63) is 46.6 Å². The highest BCUT2D eigenvalue weighted by Gasteiger charge is 1.95. The van der Waals surface area contributed by atoms with Crippen LogP contribution in [0.5, 0.6) is 0 Å². The van der Waals surface area contributed by atoms with E-state index in [9.17, 15) is 0 Å². The molecule has 4 heteroatoms. The molecule has 0 unspecified atom stereocenters. The Morgan fingerprint density at radius 1 is 1.21 bits per heavy atom. The lowest BCUT2D eigenvalue weighted by Crippen LogP contribution is -1.98. The van der Waals surface area contributed by atoms with E-state index in [0.29, 0.717) is 0 Å². The van der Waals surface area contributed by atoms with E-state index in [4.69, 9.17) is 4.52 Å². The van der Waals surface area contributed by atoms with Crippen molar-refractivity contribution >= 4 is 21.7 Å². The third kappa shape index (κ3) is 2.35. The molecule has 2 rings (SSSR count). The summed E-state index contributed by atoms with van der Waals surface area (Å²) in [6.07, 6.45) is 1.55. The molecule has 0 spiro atoms. The lowest BCUT2D eigenvalue weighted by Gasteiger charge is -2.01. The Hall–Kier alpha value is -1.29. The van der Waals surface area contributed by atoms with Crippen LogP contribution in [-0.4, -0.2) is 5.16 Å². The molecule has 1 aromatic carbocycles. The Balaban J connectivity index is 1.95. The fourth-order valence-corrected chi connectivity index (χ4v) is 1.36. The summed E-state index contributed by atoms with van der Waals surface area (Å²) in [7, 11) is 0. The number of nitrogens with zero attached hydrogens (tertiary/aromatic N) is 1. The second-order valence-corrected chi connectivity index (χ2v) is 3.78. The van der Waals surface area contributed by atoms with Crippen molar-refractivity contribution in [1.82, 2.24) is 5.16 Å². The summed E-state index contributed by atoms with van der Waals surface area (Å²) in [5.41, 5.74) is 1.20. The molecular formula is C10H9BrN2O. The van der Waals surface area contributed by atoms with Gasteiger partial charge in [-0.25, -0.2) is 0 Å². The minimum absolute atomic E-state index is 0.750. The van der Waals surface area contributed by atoms with Crippen molar-refractivity contribution in [3.63, 3.8) is 0 Å². The van der Waals surface area contributed by atoms with Crippen LogP contribution in [0, 0.1) is 0 Å². The molecule has 0 saturated carbocycles. The number of nitrogens with one attached hydrogen (secondary N) is 1. The zero-order valence-corrected chi connectivity index (χ0v) is 8.99. The van der Waals surface area contributed by atoms with Crippen LogP contribution in [0.3, 0.4) is 0 Å². The average Bonchev–Trinajstić information content (AvgIpc) is 2.70. The summed E-state index contributed by atoms with van der Waals surface area (Å²) in [5.74, 6) is 0.757. The third-order valence-corrected chi connectivity index (χ3v) is 2.35. The maximum atomic E-state index is 4.70. The molecule has 0 aliphatic carbocycles. The van der Waals surface area contributed by atoms with Gasteiger partial charge in [0, 0.05) is 17.1 Å². The van der Waals surface area contributed by atoms with E-state index in [1.807, 2.05) is 12.1 Å². The van der Waals surface area contributed by atoms with Crippen molar-refractivity contribution in [2.45, 2.75) is 6.54 Å². The highest BCUT2D eigenvalue weighted by molar-refractivity contribution is 9.10. The van der Waals surface area contributed by atoms with E-state index in [1.165, 1.54) is 5.56 Å². The van der Waals surface area contributed by atoms with Crippen molar-refractivity contribution < 1.29 is 4.52 Å². The van der Waals surface area contributed by atoms with Gasteiger partial charge in [0.15, 0.2) is 5.82 Å². The molecule has 0 aliphatic heterocycles. The monoisotopic (exact) mass is 252 g/mol. The molecular weight excluding hydrogens is 244 g/mol.